The Morgan fingerprint density at radius 1 is 1.26 bits per heavy atom. The van der Waals surface area contributed by atoms with Crippen LogP contribution < -0.4 is 4.90 Å². The third-order valence-electron chi connectivity index (χ3n) is 4.82. The van der Waals surface area contributed by atoms with E-state index in [1.165, 1.54) is 48.2 Å². The minimum atomic E-state index is 0.153. The molecule has 0 saturated carbocycles. The fraction of sp³-hybridized carbons (Fsp3) is 0.438. The molecule has 1 saturated heterocycles. The number of nitrogens with zero attached hydrogens (tertiary/aromatic N) is 2. The Labute approximate surface area is 112 Å². The lowest BCUT2D eigenvalue weighted by molar-refractivity contribution is 0.101. The predicted molar refractivity (Wildman–Crippen MR) is 77.1 cm³/mol. The average molecular weight is 254 g/mol. The van der Waals surface area contributed by atoms with E-state index >= 15 is 0 Å². The van der Waals surface area contributed by atoms with Crippen molar-refractivity contribution in [3.05, 3.63) is 29.3 Å². The number of fused-ring (bicyclic) bond motifs is 3. The Morgan fingerprint density at radius 2 is 2.00 bits per heavy atom. The minimum Gasteiger partial charge on any atom is -0.358 e. The van der Waals surface area contributed by atoms with Crippen LogP contribution in [0.15, 0.2) is 18.2 Å². The Bertz CT molecular complexity index is 690. The van der Waals surface area contributed by atoms with Crippen LogP contribution in [0.3, 0.4) is 0 Å². The molecule has 3 heteroatoms. The van der Waals surface area contributed by atoms with Gasteiger partial charge in [-0.3, -0.25) is 4.79 Å². The molecule has 0 aliphatic carbocycles. The summed E-state index contributed by atoms with van der Waals surface area (Å²) < 4.78 is 2.31. The number of hydrogen-bond donors (Lipinski definition) is 0. The Balaban J connectivity index is 2.07. The van der Waals surface area contributed by atoms with Gasteiger partial charge in [0.1, 0.15) is 5.82 Å². The second-order valence-corrected chi connectivity index (χ2v) is 5.85. The van der Waals surface area contributed by atoms with Crippen LogP contribution in [-0.4, -0.2) is 23.4 Å². The van der Waals surface area contributed by atoms with E-state index in [4.69, 9.17) is 0 Å². The monoisotopic (exact) mass is 254 g/mol. The molecule has 0 unspecified atom stereocenters. The van der Waals surface area contributed by atoms with Crippen LogP contribution in [0.25, 0.3) is 10.9 Å². The van der Waals surface area contributed by atoms with Crippen molar-refractivity contribution in [3.63, 3.8) is 0 Å². The van der Waals surface area contributed by atoms with Gasteiger partial charge in [0.2, 0.25) is 0 Å². The van der Waals surface area contributed by atoms with Crippen molar-refractivity contribution in [3.8, 4) is 0 Å². The van der Waals surface area contributed by atoms with Crippen molar-refractivity contribution in [1.82, 2.24) is 4.57 Å². The van der Waals surface area contributed by atoms with Crippen LogP contribution in [0.1, 0.15) is 41.6 Å². The highest BCUT2D eigenvalue weighted by atomic mass is 16.1. The number of benzene rings is 1. The first-order valence-corrected chi connectivity index (χ1v) is 7.05. The predicted octanol–water partition coefficient (Wildman–Crippen LogP) is 3.08. The van der Waals surface area contributed by atoms with Gasteiger partial charge in [0.15, 0.2) is 5.78 Å². The summed E-state index contributed by atoms with van der Waals surface area (Å²) in [5.74, 6) is 2.23. The van der Waals surface area contributed by atoms with Crippen LogP contribution in [0, 0.1) is 0 Å². The molecular formula is C16H18N2O. The van der Waals surface area contributed by atoms with Crippen molar-refractivity contribution in [2.24, 2.45) is 7.05 Å². The van der Waals surface area contributed by atoms with E-state index in [-0.39, 0.29) is 5.78 Å². The molecule has 0 radical (unpaired) electrons. The van der Waals surface area contributed by atoms with Gasteiger partial charge in [-0.2, -0.15) is 0 Å². The second-order valence-electron chi connectivity index (χ2n) is 5.85. The molecule has 0 atom stereocenters. The maximum absolute atomic E-state index is 11.6. The lowest BCUT2D eigenvalue weighted by Crippen LogP contribution is -2.39. The molecule has 2 bridgehead atoms. The largest absolute Gasteiger partial charge is 0.358 e. The van der Waals surface area contributed by atoms with E-state index in [0.29, 0.717) is 5.92 Å². The summed E-state index contributed by atoms with van der Waals surface area (Å²) in [7, 11) is 2.15. The molecule has 4 heterocycles. The topological polar surface area (TPSA) is 25.2 Å². The van der Waals surface area contributed by atoms with E-state index in [9.17, 15) is 4.79 Å². The summed E-state index contributed by atoms with van der Waals surface area (Å²) >= 11 is 0. The van der Waals surface area contributed by atoms with Crippen molar-refractivity contribution in [2.45, 2.75) is 25.7 Å². The molecule has 0 N–H and O–H groups in total. The lowest BCUT2D eigenvalue weighted by Gasteiger charge is -2.41. The molecule has 19 heavy (non-hydrogen) atoms. The van der Waals surface area contributed by atoms with Gasteiger partial charge in [-0.25, -0.2) is 0 Å². The van der Waals surface area contributed by atoms with Crippen molar-refractivity contribution in [1.29, 1.82) is 0 Å². The van der Waals surface area contributed by atoms with Crippen molar-refractivity contribution >= 4 is 22.5 Å². The minimum absolute atomic E-state index is 0.153. The molecule has 5 rings (SSSR count). The molecule has 3 aliphatic rings. The lowest BCUT2D eigenvalue weighted by atomic mass is 9.84. The number of carbonyl (C=O) groups is 1. The molecule has 1 aromatic heterocycles. The highest BCUT2D eigenvalue weighted by molar-refractivity contribution is 6.00. The van der Waals surface area contributed by atoms with E-state index in [1.807, 2.05) is 6.07 Å². The van der Waals surface area contributed by atoms with Gasteiger partial charge in [0.25, 0.3) is 0 Å². The second kappa shape index (κ2) is 3.62. The Morgan fingerprint density at radius 3 is 2.68 bits per heavy atom. The smallest absolute Gasteiger partial charge is 0.159 e. The molecule has 0 amide bonds. The van der Waals surface area contributed by atoms with Gasteiger partial charge in [0.05, 0.1) is 0 Å². The number of ketones is 1. The zero-order valence-corrected chi connectivity index (χ0v) is 11.4. The number of rotatable bonds is 1. The zero-order valence-electron chi connectivity index (χ0n) is 11.4. The SMILES string of the molecule is CC(=O)c1ccc2c(c1)c1c(n2C)N2CCC1CC2. The zero-order chi connectivity index (χ0) is 13.1. The summed E-state index contributed by atoms with van der Waals surface area (Å²) in [6.07, 6.45) is 2.52. The molecular weight excluding hydrogens is 236 g/mol. The number of aromatic nitrogens is 1. The Kier molecular flexibility index (Phi) is 2.12. The third-order valence-corrected chi connectivity index (χ3v) is 4.82. The molecule has 98 valence electrons. The number of hydrogen-bond acceptors (Lipinski definition) is 2. The van der Waals surface area contributed by atoms with E-state index in [2.05, 4.69) is 28.6 Å². The highest BCUT2D eigenvalue weighted by Gasteiger charge is 2.35. The third kappa shape index (κ3) is 1.36. The number of piperidine rings is 1. The van der Waals surface area contributed by atoms with Crippen LogP contribution in [-0.2, 0) is 7.05 Å². The standard InChI is InChI=1S/C16H18N2O/c1-10(19)12-3-4-14-13(9-12)15-11-5-7-18(8-6-11)16(15)17(14)2/h3-4,9,11H,5-8H2,1-2H3. The highest BCUT2D eigenvalue weighted by Crippen LogP contribution is 2.47. The first-order valence-electron chi connectivity index (χ1n) is 7.05. The summed E-state index contributed by atoms with van der Waals surface area (Å²) in [5.41, 5.74) is 3.57. The molecule has 1 aromatic carbocycles. The van der Waals surface area contributed by atoms with Gasteiger partial charge in [-0.05, 0) is 43.9 Å². The van der Waals surface area contributed by atoms with Crippen LogP contribution in [0.5, 0.6) is 0 Å². The molecule has 3 aliphatic heterocycles. The van der Waals surface area contributed by atoms with Crippen molar-refractivity contribution < 1.29 is 4.79 Å². The van der Waals surface area contributed by atoms with Gasteiger partial charge in [-0.1, -0.05) is 0 Å². The summed E-state index contributed by atoms with van der Waals surface area (Å²) in [6, 6.07) is 6.15. The summed E-state index contributed by atoms with van der Waals surface area (Å²) in [6.45, 7) is 4.01. The van der Waals surface area contributed by atoms with Crippen LogP contribution in [0.2, 0.25) is 0 Å². The normalized spacial score (nSPS) is 18.1. The first-order chi connectivity index (χ1) is 9.16. The van der Waals surface area contributed by atoms with Gasteiger partial charge in [-0.15, -0.1) is 0 Å². The van der Waals surface area contributed by atoms with E-state index < -0.39 is 0 Å². The van der Waals surface area contributed by atoms with Crippen molar-refractivity contribution in [2.75, 3.05) is 18.0 Å². The quantitative estimate of drug-likeness (QED) is 0.731. The number of carbonyl (C=O) groups excluding carboxylic acids is 1. The summed E-state index contributed by atoms with van der Waals surface area (Å²) in [5, 5.41) is 1.29. The molecule has 0 spiro atoms. The van der Waals surface area contributed by atoms with Gasteiger partial charge in [0, 0.05) is 42.2 Å². The van der Waals surface area contributed by atoms with Gasteiger partial charge < -0.3 is 9.47 Å². The van der Waals surface area contributed by atoms with E-state index in [1.54, 1.807) is 6.92 Å². The van der Waals surface area contributed by atoms with Gasteiger partial charge >= 0.3 is 0 Å². The fourth-order valence-electron chi connectivity index (χ4n) is 3.84. The van der Waals surface area contributed by atoms with Crippen LogP contribution >= 0.6 is 0 Å². The number of Topliss-reactive ketones (excluding diaryl/α,β-unsaturated/α-hetero) is 1. The van der Waals surface area contributed by atoms with E-state index in [0.717, 1.165) is 5.56 Å². The Hall–Kier alpha value is -1.77. The average Bonchev–Trinajstić information content (AvgIpc) is 2.76. The summed E-state index contributed by atoms with van der Waals surface area (Å²) in [4.78, 5) is 14.1. The molecule has 1 fully saturated rings. The number of anilines is 1. The molecule has 2 aromatic rings. The maximum Gasteiger partial charge on any atom is 0.159 e. The van der Waals surface area contributed by atoms with Crippen LogP contribution in [0.4, 0.5) is 5.82 Å². The fourth-order valence-corrected chi connectivity index (χ4v) is 3.84. The first kappa shape index (κ1) is 11.1. The molecule has 3 nitrogen and oxygen atoms in total. The number of aryl methyl sites for hydroxylation is 1. The maximum atomic E-state index is 11.6.